The van der Waals surface area contributed by atoms with Crippen molar-refractivity contribution >= 4 is 23.4 Å². The molecule has 0 radical (unpaired) electrons. The lowest BCUT2D eigenvalue weighted by molar-refractivity contribution is -0.139. The number of carbonyl (C=O) groups excluding carboxylic acids is 3. The summed E-state index contributed by atoms with van der Waals surface area (Å²) in [6.45, 7) is 7.86. The van der Waals surface area contributed by atoms with Crippen LogP contribution in [0.1, 0.15) is 46.5 Å². The minimum atomic E-state index is -0.578. The Morgan fingerprint density at radius 1 is 1.20 bits per heavy atom. The van der Waals surface area contributed by atoms with Gasteiger partial charge in [0.15, 0.2) is 0 Å². The summed E-state index contributed by atoms with van der Waals surface area (Å²) in [6.07, 6.45) is 2.82. The lowest BCUT2D eigenvalue weighted by atomic mass is 9.94. The van der Waals surface area contributed by atoms with Gasteiger partial charge >= 0.3 is 0 Å². The summed E-state index contributed by atoms with van der Waals surface area (Å²) in [7, 11) is 0. The van der Waals surface area contributed by atoms with Crippen molar-refractivity contribution in [2.45, 2.75) is 52.5 Å². The Morgan fingerprint density at radius 2 is 1.83 bits per heavy atom. The number of nitrogens with zero attached hydrogens (tertiary/aromatic N) is 2. The summed E-state index contributed by atoms with van der Waals surface area (Å²) >= 11 is 0. The third-order valence-corrected chi connectivity index (χ3v) is 6.51. The maximum absolute atomic E-state index is 13.2. The highest BCUT2D eigenvalue weighted by molar-refractivity contribution is 6.01. The standard InChI is InChI=1S/C23H32FN3O3/c1-4-16(3)21(23(30)26-11-9-15(2)10-12-26)25-22(29)17-13-20(28)27(14-17)19-7-5-18(24)6-8-19/h5-8,15-17,21H,4,9-14H2,1-3H3,(H,25,29). The van der Waals surface area contributed by atoms with Gasteiger partial charge in [0.1, 0.15) is 11.9 Å². The summed E-state index contributed by atoms with van der Waals surface area (Å²) in [5, 5.41) is 2.95. The van der Waals surface area contributed by atoms with Crippen LogP contribution in [0.15, 0.2) is 24.3 Å². The molecule has 30 heavy (non-hydrogen) atoms. The summed E-state index contributed by atoms with van der Waals surface area (Å²) in [5.74, 6) is -0.733. The van der Waals surface area contributed by atoms with E-state index in [9.17, 15) is 18.8 Å². The van der Waals surface area contributed by atoms with Crippen LogP contribution in [0.4, 0.5) is 10.1 Å². The van der Waals surface area contributed by atoms with Crippen LogP contribution in [0.3, 0.4) is 0 Å². The van der Waals surface area contributed by atoms with E-state index in [2.05, 4.69) is 12.2 Å². The van der Waals surface area contributed by atoms with Crippen LogP contribution in [0.2, 0.25) is 0 Å². The first-order chi connectivity index (χ1) is 14.3. The molecule has 3 amide bonds. The number of anilines is 1. The predicted molar refractivity (Wildman–Crippen MR) is 113 cm³/mol. The molecule has 0 aromatic heterocycles. The van der Waals surface area contributed by atoms with E-state index >= 15 is 0 Å². The molecule has 0 saturated carbocycles. The average molecular weight is 418 g/mol. The second-order valence-electron chi connectivity index (χ2n) is 8.76. The Bertz CT molecular complexity index is 774. The molecule has 3 atom stereocenters. The monoisotopic (exact) mass is 417 g/mol. The van der Waals surface area contributed by atoms with Crippen LogP contribution in [0.25, 0.3) is 0 Å². The van der Waals surface area contributed by atoms with Gasteiger partial charge in [0.25, 0.3) is 0 Å². The molecule has 0 bridgehead atoms. The molecule has 1 N–H and O–H groups in total. The van der Waals surface area contributed by atoms with Crippen molar-refractivity contribution in [1.29, 1.82) is 0 Å². The number of likely N-dealkylation sites (tertiary alicyclic amines) is 1. The number of amides is 3. The third kappa shape index (κ3) is 4.99. The van der Waals surface area contributed by atoms with Crippen LogP contribution in [0, 0.1) is 23.6 Å². The number of benzene rings is 1. The zero-order chi connectivity index (χ0) is 21.8. The largest absolute Gasteiger partial charge is 0.344 e. The zero-order valence-corrected chi connectivity index (χ0v) is 18.1. The van der Waals surface area contributed by atoms with Gasteiger partial charge in [-0.2, -0.15) is 0 Å². The van der Waals surface area contributed by atoms with Crippen molar-refractivity contribution in [3.05, 3.63) is 30.1 Å². The van der Waals surface area contributed by atoms with Gasteiger partial charge in [-0.05, 0) is 48.9 Å². The van der Waals surface area contributed by atoms with Crippen LogP contribution in [0.5, 0.6) is 0 Å². The first-order valence-corrected chi connectivity index (χ1v) is 10.9. The highest BCUT2D eigenvalue weighted by atomic mass is 19.1. The van der Waals surface area contributed by atoms with Crippen LogP contribution in [-0.4, -0.2) is 48.3 Å². The Morgan fingerprint density at radius 3 is 2.43 bits per heavy atom. The molecule has 1 aromatic carbocycles. The van der Waals surface area contributed by atoms with E-state index in [0.717, 1.165) is 32.4 Å². The quantitative estimate of drug-likeness (QED) is 0.774. The molecule has 2 aliphatic rings. The normalized spacial score (nSPS) is 22.1. The van der Waals surface area contributed by atoms with Crippen molar-refractivity contribution in [1.82, 2.24) is 10.2 Å². The van der Waals surface area contributed by atoms with Gasteiger partial charge < -0.3 is 15.1 Å². The number of halogens is 1. The molecule has 2 heterocycles. The van der Waals surface area contributed by atoms with Crippen molar-refractivity contribution in [3.63, 3.8) is 0 Å². The van der Waals surface area contributed by atoms with E-state index < -0.39 is 12.0 Å². The molecule has 2 saturated heterocycles. The Labute approximate surface area is 177 Å². The number of hydrogen-bond acceptors (Lipinski definition) is 3. The number of rotatable bonds is 6. The predicted octanol–water partition coefficient (Wildman–Crippen LogP) is 2.97. The van der Waals surface area contributed by atoms with E-state index in [1.54, 1.807) is 0 Å². The molecule has 2 fully saturated rings. The number of hydrogen-bond donors (Lipinski definition) is 1. The second kappa shape index (κ2) is 9.58. The molecule has 6 nitrogen and oxygen atoms in total. The van der Waals surface area contributed by atoms with Gasteiger partial charge in [0.2, 0.25) is 17.7 Å². The molecule has 164 valence electrons. The van der Waals surface area contributed by atoms with E-state index in [-0.39, 0.29) is 42.4 Å². The lowest BCUT2D eigenvalue weighted by Gasteiger charge is -2.35. The minimum Gasteiger partial charge on any atom is -0.344 e. The average Bonchev–Trinajstić information content (AvgIpc) is 3.13. The number of nitrogens with one attached hydrogen (secondary N) is 1. The van der Waals surface area contributed by atoms with Gasteiger partial charge in [-0.3, -0.25) is 14.4 Å². The molecule has 2 aliphatic heterocycles. The molecule has 0 spiro atoms. The molecule has 3 unspecified atom stereocenters. The molecule has 1 aromatic rings. The fourth-order valence-corrected chi connectivity index (χ4v) is 4.13. The van der Waals surface area contributed by atoms with Crippen LogP contribution >= 0.6 is 0 Å². The molecule has 7 heteroatoms. The van der Waals surface area contributed by atoms with Crippen LogP contribution in [-0.2, 0) is 14.4 Å². The summed E-state index contributed by atoms with van der Waals surface area (Å²) in [4.78, 5) is 41.9. The fourth-order valence-electron chi connectivity index (χ4n) is 4.13. The number of carbonyl (C=O) groups is 3. The zero-order valence-electron chi connectivity index (χ0n) is 18.1. The first kappa shape index (κ1) is 22.2. The smallest absolute Gasteiger partial charge is 0.245 e. The summed E-state index contributed by atoms with van der Waals surface area (Å²) in [5.41, 5.74) is 0.577. The minimum absolute atomic E-state index is 0.00565. The van der Waals surface area contributed by atoms with Gasteiger partial charge in [-0.15, -0.1) is 0 Å². The van der Waals surface area contributed by atoms with Crippen molar-refractivity contribution < 1.29 is 18.8 Å². The SMILES string of the molecule is CCC(C)C(NC(=O)C1CC(=O)N(c2ccc(F)cc2)C1)C(=O)N1CCC(C)CC1. The maximum Gasteiger partial charge on any atom is 0.245 e. The third-order valence-electron chi connectivity index (χ3n) is 6.51. The van der Waals surface area contributed by atoms with Crippen molar-refractivity contribution in [2.24, 2.45) is 17.8 Å². The topological polar surface area (TPSA) is 69.7 Å². The molecular weight excluding hydrogens is 385 g/mol. The summed E-state index contributed by atoms with van der Waals surface area (Å²) < 4.78 is 13.2. The first-order valence-electron chi connectivity index (χ1n) is 10.9. The Hall–Kier alpha value is -2.44. The molecule has 0 aliphatic carbocycles. The van der Waals surface area contributed by atoms with Crippen molar-refractivity contribution in [2.75, 3.05) is 24.5 Å². The number of piperidine rings is 1. The van der Waals surface area contributed by atoms with E-state index in [0.29, 0.717) is 11.6 Å². The van der Waals surface area contributed by atoms with Gasteiger partial charge in [0, 0.05) is 31.7 Å². The molecule has 3 rings (SSSR count). The Kier molecular flexibility index (Phi) is 7.10. The van der Waals surface area contributed by atoms with E-state index in [1.165, 1.54) is 29.2 Å². The molecular formula is C23H32FN3O3. The van der Waals surface area contributed by atoms with Crippen LogP contribution < -0.4 is 10.2 Å². The maximum atomic E-state index is 13.2. The lowest BCUT2D eigenvalue weighted by Crippen LogP contribution is -2.54. The highest BCUT2D eigenvalue weighted by Crippen LogP contribution is 2.26. The Balaban J connectivity index is 1.66. The highest BCUT2D eigenvalue weighted by Gasteiger charge is 2.38. The fraction of sp³-hybridized carbons (Fsp3) is 0.609. The van der Waals surface area contributed by atoms with Gasteiger partial charge in [-0.25, -0.2) is 4.39 Å². The second-order valence-corrected chi connectivity index (χ2v) is 8.76. The van der Waals surface area contributed by atoms with Gasteiger partial charge in [0.05, 0.1) is 5.92 Å². The van der Waals surface area contributed by atoms with Gasteiger partial charge in [-0.1, -0.05) is 27.2 Å². The van der Waals surface area contributed by atoms with E-state index in [1.807, 2.05) is 18.7 Å². The summed E-state index contributed by atoms with van der Waals surface area (Å²) in [6, 6.07) is 5.10. The van der Waals surface area contributed by atoms with E-state index in [4.69, 9.17) is 0 Å². The van der Waals surface area contributed by atoms with Crippen molar-refractivity contribution in [3.8, 4) is 0 Å².